The highest BCUT2D eigenvalue weighted by Gasteiger charge is 2.08. The predicted octanol–water partition coefficient (Wildman–Crippen LogP) is 3.12. The van der Waals surface area contributed by atoms with Gasteiger partial charge in [0.2, 0.25) is 5.91 Å². The van der Waals surface area contributed by atoms with E-state index in [9.17, 15) is 9.59 Å². The fourth-order valence-electron chi connectivity index (χ4n) is 2.59. The number of fused-ring (bicyclic) bond motifs is 1. The van der Waals surface area contributed by atoms with Gasteiger partial charge in [-0.25, -0.2) is 0 Å². The molecule has 3 N–H and O–H groups in total. The van der Waals surface area contributed by atoms with E-state index in [0.717, 1.165) is 16.5 Å². The van der Waals surface area contributed by atoms with Crippen molar-refractivity contribution < 1.29 is 9.59 Å². The minimum atomic E-state index is -0.143. The first-order valence-corrected chi connectivity index (χ1v) is 8.59. The van der Waals surface area contributed by atoms with Crippen LogP contribution in [0.3, 0.4) is 0 Å². The summed E-state index contributed by atoms with van der Waals surface area (Å²) in [4.78, 5) is 27.0. The minimum absolute atomic E-state index is 0.142. The number of carbonyl (C=O) groups is 2. The Morgan fingerprint density at radius 3 is 2.46 bits per heavy atom. The Bertz CT molecular complexity index is 880. The Kier molecular flexibility index (Phi) is 5.83. The van der Waals surface area contributed by atoms with E-state index in [1.807, 2.05) is 60.7 Å². The molecule has 132 valence electrons. The number of hydrogen-bond donors (Lipinski definition) is 3. The van der Waals surface area contributed by atoms with E-state index in [1.165, 1.54) is 6.08 Å². The summed E-state index contributed by atoms with van der Waals surface area (Å²) >= 11 is 0. The van der Waals surface area contributed by atoms with Crippen molar-refractivity contribution in [3.63, 3.8) is 0 Å². The number of amides is 2. The molecular formula is C21H21N3O2. The molecule has 3 rings (SSSR count). The van der Waals surface area contributed by atoms with Crippen molar-refractivity contribution in [1.29, 1.82) is 0 Å². The summed E-state index contributed by atoms with van der Waals surface area (Å²) in [5, 5.41) is 6.66. The van der Waals surface area contributed by atoms with Crippen LogP contribution in [-0.2, 0) is 4.79 Å². The Morgan fingerprint density at radius 1 is 0.923 bits per heavy atom. The fourth-order valence-corrected chi connectivity index (χ4v) is 2.59. The third kappa shape index (κ3) is 4.83. The lowest BCUT2D eigenvalue weighted by molar-refractivity contribution is -0.116. The molecule has 0 spiro atoms. The third-order valence-corrected chi connectivity index (χ3v) is 3.94. The number of H-pyrrole nitrogens is 1. The number of carbonyl (C=O) groups excluding carboxylic acids is 2. The van der Waals surface area contributed by atoms with Crippen molar-refractivity contribution in [2.24, 2.45) is 0 Å². The maximum atomic E-state index is 12.1. The molecule has 0 saturated carbocycles. The smallest absolute Gasteiger partial charge is 0.267 e. The Morgan fingerprint density at radius 2 is 1.65 bits per heavy atom. The summed E-state index contributed by atoms with van der Waals surface area (Å²) in [6.07, 6.45) is 3.95. The summed E-state index contributed by atoms with van der Waals surface area (Å²) in [5.41, 5.74) is 2.46. The van der Waals surface area contributed by atoms with Crippen LogP contribution < -0.4 is 10.6 Å². The number of para-hydroxylation sites is 1. The van der Waals surface area contributed by atoms with Gasteiger partial charge >= 0.3 is 0 Å². The first kappa shape index (κ1) is 17.5. The van der Waals surface area contributed by atoms with E-state index in [2.05, 4.69) is 15.6 Å². The zero-order valence-electron chi connectivity index (χ0n) is 14.4. The first-order valence-electron chi connectivity index (χ1n) is 8.59. The number of benzene rings is 2. The molecule has 0 aliphatic rings. The molecule has 3 aromatic rings. The monoisotopic (exact) mass is 347 g/mol. The van der Waals surface area contributed by atoms with Crippen LogP contribution in [0.5, 0.6) is 0 Å². The molecule has 26 heavy (non-hydrogen) atoms. The molecule has 0 atom stereocenters. The second-order valence-electron chi connectivity index (χ2n) is 5.91. The molecule has 1 heterocycles. The molecule has 0 fully saturated rings. The molecule has 0 radical (unpaired) electrons. The second-order valence-corrected chi connectivity index (χ2v) is 5.91. The molecule has 1 aromatic heterocycles. The largest absolute Gasteiger partial charge is 0.352 e. The van der Waals surface area contributed by atoms with E-state index in [4.69, 9.17) is 0 Å². The molecular weight excluding hydrogens is 326 g/mol. The number of aromatic amines is 1. The molecule has 0 aliphatic carbocycles. The van der Waals surface area contributed by atoms with Crippen LogP contribution in [0.25, 0.3) is 17.0 Å². The van der Waals surface area contributed by atoms with Crippen LogP contribution in [0.4, 0.5) is 0 Å². The quantitative estimate of drug-likeness (QED) is 0.454. The highest BCUT2D eigenvalue weighted by atomic mass is 16.2. The summed E-state index contributed by atoms with van der Waals surface area (Å²) < 4.78 is 0. The van der Waals surface area contributed by atoms with Gasteiger partial charge < -0.3 is 15.6 Å². The average Bonchev–Trinajstić information content (AvgIpc) is 3.11. The van der Waals surface area contributed by atoms with Crippen LogP contribution in [-0.4, -0.2) is 29.9 Å². The maximum Gasteiger partial charge on any atom is 0.267 e. The van der Waals surface area contributed by atoms with E-state index >= 15 is 0 Å². The standard InChI is InChI=1S/C21H21N3O2/c25-20(12-11-16-7-2-1-3-8-16)22-13-6-14-23-21(26)19-15-17-9-4-5-10-18(17)24-19/h1-5,7-12,15,24H,6,13-14H2,(H,22,25)(H,23,26)/b12-11+. The molecule has 0 aliphatic heterocycles. The summed E-state index contributed by atoms with van der Waals surface area (Å²) in [5.74, 6) is -0.285. The number of rotatable bonds is 7. The zero-order valence-corrected chi connectivity index (χ0v) is 14.4. The summed E-state index contributed by atoms with van der Waals surface area (Å²) in [6.45, 7) is 1.00. The second kappa shape index (κ2) is 8.67. The van der Waals surface area contributed by atoms with Crippen LogP contribution in [0.15, 0.2) is 66.7 Å². The van der Waals surface area contributed by atoms with Crippen molar-refractivity contribution in [3.05, 3.63) is 78.0 Å². The molecule has 0 bridgehead atoms. The predicted molar refractivity (Wildman–Crippen MR) is 104 cm³/mol. The van der Waals surface area contributed by atoms with Gasteiger partial charge in [-0.1, -0.05) is 48.5 Å². The van der Waals surface area contributed by atoms with Gasteiger partial charge in [-0.15, -0.1) is 0 Å². The van der Waals surface area contributed by atoms with Crippen LogP contribution in [0.2, 0.25) is 0 Å². The van der Waals surface area contributed by atoms with Crippen molar-refractivity contribution in [2.75, 3.05) is 13.1 Å². The average molecular weight is 347 g/mol. The van der Waals surface area contributed by atoms with Gasteiger partial charge in [0.1, 0.15) is 5.69 Å². The Balaban J connectivity index is 1.36. The van der Waals surface area contributed by atoms with Gasteiger partial charge in [-0.2, -0.15) is 0 Å². The molecule has 0 saturated heterocycles. The topological polar surface area (TPSA) is 74.0 Å². The number of aromatic nitrogens is 1. The lowest BCUT2D eigenvalue weighted by Crippen LogP contribution is -2.29. The lowest BCUT2D eigenvalue weighted by Gasteiger charge is -2.04. The first-order chi connectivity index (χ1) is 12.7. The summed E-state index contributed by atoms with van der Waals surface area (Å²) in [7, 11) is 0. The maximum absolute atomic E-state index is 12.1. The fraction of sp³-hybridized carbons (Fsp3) is 0.143. The van der Waals surface area contributed by atoms with Gasteiger partial charge in [0, 0.05) is 30.1 Å². The van der Waals surface area contributed by atoms with Gasteiger partial charge in [-0.05, 0) is 30.2 Å². The Labute approximate surface area is 152 Å². The van der Waals surface area contributed by atoms with E-state index < -0.39 is 0 Å². The van der Waals surface area contributed by atoms with Gasteiger partial charge in [0.15, 0.2) is 0 Å². The summed E-state index contributed by atoms with van der Waals surface area (Å²) in [6, 6.07) is 19.2. The van der Waals surface area contributed by atoms with Crippen molar-refractivity contribution in [1.82, 2.24) is 15.6 Å². The van der Waals surface area contributed by atoms with Crippen molar-refractivity contribution in [2.45, 2.75) is 6.42 Å². The molecule has 5 nitrogen and oxygen atoms in total. The minimum Gasteiger partial charge on any atom is -0.352 e. The highest BCUT2D eigenvalue weighted by molar-refractivity contribution is 5.98. The van der Waals surface area contributed by atoms with E-state index in [-0.39, 0.29) is 11.8 Å². The molecule has 5 heteroatoms. The van der Waals surface area contributed by atoms with Crippen LogP contribution >= 0.6 is 0 Å². The third-order valence-electron chi connectivity index (χ3n) is 3.94. The van der Waals surface area contributed by atoms with E-state index in [0.29, 0.717) is 25.2 Å². The number of nitrogens with one attached hydrogen (secondary N) is 3. The number of hydrogen-bond acceptors (Lipinski definition) is 2. The highest BCUT2D eigenvalue weighted by Crippen LogP contribution is 2.14. The molecule has 2 amide bonds. The molecule has 0 unspecified atom stereocenters. The van der Waals surface area contributed by atoms with Gasteiger partial charge in [0.05, 0.1) is 0 Å². The van der Waals surface area contributed by atoms with Crippen molar-refractivity contribution in [3.8, 4) is 0 Å². The SMILES string of the molecule is O=C(/C=C/c1ccccc1)NCCCNC(=O)c1cc2ccccc2[nH]1. The van der Waals surface area contributed by atoms with Crippen molar-refractivity contribution >= 4 is 28.8 Å². The zero-order chi connectivity index (χ0) is 18.2. The normalized spacial score (nSPS) is 10.9. The van der Waals surface area contributed by atoms with Crippen LogP contribution in [0.1, 0.15) is 22.5 Å². The van der Waals surface area contributed by atoms with Crippen LogP contribution in [0, 0.1) is 0 Å². The Hall–Kier alpha value is -3.34. The molecule has 2 aromatic carbocycles. The van der Waals surface area contributed by atoms with E-state index in [1.54, 1.807) is 6.08 Å². The van der Waals surface area contributed by atoms with Gasteiger partial charge in [0.25, 0.3) is 5.91 Å². The van der Waals surface area contributed by atoms with Gasteiger partial charge in [-0.3, -0.25) is 9.59 Å². The lowest BCUT2D eigenvalue weighted by atomic mass is 10.2.